The number of benzene rings is 3. The van der Waals surface area contributed by atoms with E-state index in [1.54, 1.807) is 11.0 Å². The monoisotopic (exact) mass is 476 g/mol. The fraction of sp³-hybridized carbons (Fsp3) is 0.259. The third kappa shape index (κ3) is 6.29. The summed E-state index contributed by atoms with van der Waals surface area (Å²) in [6.45, 7) is 0.381. The van der Waals surface area contributed by atoms with Crippen LogP contribution >= 0.6 is 11.6 Å². The van der Waals surface area contributed by atoms with E-state index >= 15 is 0 Å². The second kappa shape index (κ2) is 11.6. The lowest BCUT2D eigenvalue weighted by molar-refractivity contribution is 0.217. The molecule has 3 aromatic carbocycles. The Balaban J connectivity index is 1.42. The van der Waals surface area contributed by atoms with E-state index < -0.39 is 0 Å². The second-order valence-electron chi connectivity index (χ2n) is 8.41. The van der Waals surface area contributed by atoms with Crippen molar-refractivity contribution >= 4 is 35.0 Å². The Hall–Kier alpha value is -3.51. The minimum atomic E-state index is -0.255. The average Bonchev–Trinajstić information content (AvgIpc) is 2.85. The van der Waals surface area contributed by atoms with Gasteiger partial charge < -0.3 is 16.0 Å². The number of carbonyl (C=O) groups is 2. The Kier molecular flexibility index (Phi) is 8.04. The molecule has 3 N–H and O–H groups in total. The van der Waals surface area contributed by atoms with E-state index in [-0.39, 0.29) is 24.1 Å². The minimum absolute atomic E-state index is 0.148. The molecule has 1 fully saturated rings. The molecule has 3 aromatic rings. The SMILES string of the molecule is O=C(NCc1cccc(Cl)c1)NC1CCCCC1NC(=O)N(c1ccccc1)c1ccccc1. The van der Waals surface area contributed by atoms with Crippen LogP contribution in [-0.2, 0) is 6.54 Å². The number of amides is 4. The molecule has 6 nitrogen and oxygen atoms in total. The van der Waals surface area contributed by atoms with Crippen molar-refractivity contribution < 1.29 is 9.59 Å². The fourth-order valence-corrected chi connectivity index (χ4v) is 4.50. The molecule has 176 valence electrons. The van der Waals surface area contributed by atoms with Gasteiger partial charge in [-0.1, -0.05) is 73.0 Å². The van der Waals surface area contributed by atoms with Gasteiger partial charge in [0, 0.05) is 11.6 Å². The van der Waals surface area contributed by atoms with Gasteiger partial charge in [-0.3, -0.25) is 4.90 Å². The first-order valence-electron chi connectivity index (χ1n) is 11.6. The smallest absolute Gasteiger partial charge is 0.326 e. The Labute approximate surface area is 205 Å². The molecule has 0 heterocycles. The molecule has 1 aliphatic rings. The van der Waals surface area contributed by atoms with Crippen LogP contribution in [0, 0.1) is 0 Å². The van der Waals surface area contributed by atoms with Gasteiger partial charge in [-0.15, -0.1) is 0 Å². The van der Waals surface area contributed by atoms with E-state index in [1.165, 1.54) is 0 Å². The molecule has 0 spiro atoms. The van der Waals surface area contributed by atoms with E-state index in [4.69, 9.17) is 11.6 Å². The van der Waals surface area contributed by atoms with Crippen LogP contribution < -0.4 is 20.9 Å². The van der Waals surface area contributed by atoms with Crippen molar-refractivity contribution in [2.45, 2.75) is 44.3 Å². The molecular formula is C27H29ClN4O2. The molecule has 4 rings (SSSR count). The molecule has 34 heavy (non-hydrogen) atoms. The van der Waals surface area contributed by atoms with Crippen molar-refractivity contribution in [3.8, 4) is 0 Å². The molecule has 0 bridgehead atoms. The topological polar surface area (TPSA) is 73.5 Å². The van der Waals surface area contributed by atoms with E-state index in [0.717, 1.165) is 42.6 Å². The highest BCUT2D eigenvalue weighted by atomic mass is 35.5. The maximum atomic E-state index is 13.5. The number of para-hydroxylation sites is 2. The van der Waals surface area contributed by atoms with Crippen LogP contribution in [0.3, 0.4) is 0 Å². The Morgan fingerprint density at radius 1 is 0.794 bits per heavy atom. The van der Waals surface area contributed by atoms with Crippen molar-refractivity contribution in [1.82, 2.24) is 16.0 Å². The average molecular weight is 477 g/mol. The summed E-state index contributed by atoms with van der Waals surface area (Å²) in [5.74, 6) is 0. The molecule has 4 amide bonds. The van der Waals surface area contributed by atoms with Gasteiger partial charge in [0.25, 0.3) is 0 Å². The van der Waals surface area contributed by atoms with Crippen molar-refractivity contribution in [2.24, 2.45) is 0 Å². The van der Waals surface area contributed by atoms with Gasteiger partial charge in [-0.25, -0.2) is 9.59 Å². The Morgan fingerprint density at radius 2 is 1.38 bits per heavy atom. The van der Waals surface area contributed by atoms with Crippen LogP contribution in [0.2, 0.25) is 5.02 Å². The molecule has 1 aliphatic carbocycles. The maximum absolute atomic E-state index is 13.5. The second-order valence-corrected chi connectivity index (χ2v) is 8.85. The van der Waals surface area contributed by atoms with Gasteiger partial charge in [0.15, 0.2) is 0 Å². The molecule has 7 heteroatoms. The van der Waals surface area contributed by atoms with Crippen LogP contribution in [0.15, 0.2) is 84.9 Å². The lowest BCUT2D eigenvalue weighted by Crippen LogP contribution is -2.56. The number of hydrogen-bond acceptors (Lipinski definition) is 2. The van der Waals surface area contributed by atoms with Gasteiger partial charge in [0.05, 0.1) is 23.5 Å². The summed E-state index contributed by atoms with van der Waals surface area (Å²) in [5, 5.41) is 9.77. The van der Waals surface area contributed by atoms with E-state index in [2.05, 4.69) is 16.0 Å². The van der Waals surface area contributed by atoms with Crippen molar-refractivity contribution in [3.05, 3.63) is 95.5 Å². The maximum Gasteiger partial charge on any atom is 0.326 e. The molecule has 0 saturated heterocycles. The summed E-state index contributed by atoms with van der Waals surface area (Å²) in [7, 11) is 0. The first-order valence-corrected chi connectivity index (χ1v) is 12.0. The summed E-state index contributed by atoms with van der Waals surface area (Å²) in [4.78, 5) is 27.7. The summed E-state index contributed by atoms with van der Waals surface area (Å²) >= 11 is 6.02. The zero-order valence-corrected chi connectivity index (χ0v) is 19.7. The third-order valence-corrected chi connectivity index (χ3v) is 6.20. The highest BCUT2D eigenvalue weighted by Crippen LogP contribution is 2.26. The summed E-state index contributed by atoms with van der Waals surface area (Å²) < 4.78 is 0. The molecule has 0 aliphatic heterocycles. The summed E-state index contributed by atoms with van der Waals surface area (Å²) in [5.41, 5.74) is 2.49. The minimum Gasteiger partial charge on any atom is -0.334 e. The third-order valence-electron chi connectivity index (χ3n) is 5.97. The molecule has 1 saturated carbocycles. The predicted molar refractivity (Wildman–Crippen MR) is 136 cm³/mol. The van der Waals surface area contributed by atoms with E-state index in [1.807, 2.05) is 78.9 Å². The number of nitrogens with zero attached hydrogens (tertiary/aromatic N) is 1. The number of rotatable bonds is 6. The van der Waals surface area contributed by atoms with Crippen LogP contribution in [-0.4, -0.2) is 24.1 Å². The van der Waals surface area contributed by atoms with Gasteiger partial charge in [-0.2, -0.15) is 0 Å². The highest BCUT2D eigenvalue weighted by molar-refractivity contribution is 6.30. The number of urea groups is 2. The number of anilines is 2. The quantitative estimate of drug-likeness (QED) is 0.408. The Morgan fingerprint density at radius 3 is 1.97 bits per heavy atom. The lowest BCUT2D eigenvalue weighted by atomic mass is 9.90. The number of nitrogens with one attached hydrogen (secondary N) is 3. The predicted octanol–water partition coefficient (Wildman–Crippen LogP) is 6.00. The van der Waals surface area contributed by atoms with Crippen LogP contribution in [0.5, 0.6) is 0 Å². The first kappa shape index (κ1) is 23.6. The van der Waals surface area contributed by atoms with Gasteiger partial charge in [0.1, 0.15) is 0 Å². The van der Waals surface area contributed by atoms with Crippen LogP contribution in [0.1, 0.15) is 31.2 Å². The summed E-state index contributed by atoms with van der Waals surface area (Å²) in [6.07, 6.45) is 3.63. The number of halogens is 1. The summed E-state index contributed by atoms with van der Waals surface area (Å²) in [6, 6.07) is 25.7. The number of hydrogen-bond donors (Lipinski definition) is 3. The van der Waals surface area contributed by atoms with Gasteiger partial charge >= 0.3 is 12.1 Å². The first-order chi connectivity index (χ1) is 16.6. The largest absolute Gasteiger partial charge is 0.334 e. The van der Waals surface area contributed by atoms with Crippen molar-refractivity contribution in [1.29, 1.82) is 0 Å². The zero-order valence-electron chi connectivity index (χ0n) is 18.9. The van der Waals surface area contributed by atoms with E-state index in [9.17, 15) is 9.59 Å². The van der Waals surface area contributed by atoms with Crippen molar-refractivity contribution in [2.75, 3.05) is 4.90 Å². The Bertz CT molecular complexity index is 1050. The lowest BCUT2D eigenvalue weighted by Gasteiger charge is -2.34. The molecule has 0 aromatic heterocycles. The standard InChI is InChI=1S/C27H29ClN4O2/c28-21-11-9-10-20(18-21)19-29-26(33)30-24-16-7-8-17-25(24)31-27(34)32(22-12-3-1-4-13-22)23-14-5-2-6-15-23/h1-6,9-15,18,24-25H,7-8,16-17,19H2,(H,31,34)(H2,29,30,33). The zero-order chi connectivity index (χ0) is 23.8. The van der Waals surface area contributed by atoms with Gasteiger partial charge in [-0.05, 0) is 54.8 Å². The molecule has 0 radical (unpaired) electrons. The fourth-order valence-electron chi connectivity index (χ4n) is 4.29. The highest BCUT2D eigenvalue weighted by Gasteiger charge is 2.30. The normalized spacial score (nSPS) is 17.4. The molecule has 2 atom stereocenters. The van der Waals surface area contributed by atoms with Crippen molar-refractivity contribution in [3.63, 3.8) is 0 Å². The van der Waals surface area contributed by atoms with E-state index in [0.29, 0.717) is 11.6 Å². The number of carbonyl (C=O) groups excluding carboxylic acids is 2. The molecule has 2 unspecified atom stereocenters. The van der Waals surface area contributed by atoms with Crippen LogP contribution in [0.4, 0.5) is 21.0 Å². The molecular weight excluding hydrogens is 448 g/mol. The van der Waals surface area contributed by atoms with Gasteiger partial charge in [0.2, 0.25) is 0 Å². The van der Waals surface area contributed by atoms with Crippen LogP contribution in [0.25, 0.3) is 0 Å².